The van der Waals surface area contributed by atoms with Crippen molar-refractivity contribution in [3.05, 3.63) is 35.9 Å². The maximum atomic E-state index is 12.5. The topological polar surface area (TPSA) is 80.8 Å². The van der Waals surface area contributed by atoms with E-state index < -0.39 is 18.6 Å². The van der Waals surface area contributed by atoms with E-state index in [1.807, 2.05) is 0 Å². The molecule has 1 saturated heterocycles. The van der Waals surface area contributed by atoms with Gasteiger partial charge in [-0.1, -0.05) is 43.2 Å². The Balaban J connectivity index is 1.61. The van der Waals surface area contributed by atoms with Crippen LogP contribution in [0.3, 0.4) is 0 Å². The highest BCUT2D eigenvalue weighted by atomic mass is 16.5. The first-order valence-electron chi connectivity index (χ1n) is 8.62. The van der Waals surface area contributed by atoms with E-state index in [1.54, 1.807) is 30.3 Å². The first-order chi connectivity index (χ1) is 12.0. The average molecular weight is 343 g/mol. The van der Waals surface area contributed by atoms with Gasteiger partial charge in [-0.15, -0.1) is 0 Å². The molecule has 0 N–H and O–H groups in total. The van der Waals surface area contributed by atoms with Crippen molar-refractivity contribution in [3.8, 4) is 0 Å². The highest BCUT2D eigenvalue weighted by Crippen LogP contribution is 2.38. The number of esters is 1. The third-order valence-corrected chi connectivity index (χ3v) is 5.04. The highest BCUT2D eigenvalue weighted by molar-refractivity contribution is 6.08. The van der Waals surface area contributed by atoms with E-state index >= 15 is 0 Å². The zero-order valence-corrected chi connectivity index (χ0v) is 14.1. The summed E-state index contributed by atoms with van der Waals surface area (Å²) in [5.74, 6) is -2.23. The number of imide groups is 1. The number of hydrogen-bond donors (Lipinski definition) is 0. The number of ether oxygens (including phenoxy) is 1. The number of Topliss-reactive ketones (excluding diaryl/α,β-unsaturated/α-hetero) is 1. The number of hydrogen-bond acceptors (Lipinski definition) is 5. The summed E-state index contributed by atoms with van der Waals surface area (Å²) in [7, 11) is 0. The number of benzene rings is 1. The van der Waals surface area contributed by atoms with E-state index in [1.165, 1.54) is 6.92 Å². The molecule has 0 spiro atoms. The maximum Gasteiger partial charge on any atom is 0.329 e. The molecule has 2 fully saturated rings. The normalized spacial score (nSPS) is 24.0. The number of ketones is 1. The van der Waals surface area contributed by atoms with Gasteiger partial charge in [0.15, 0.2) is 12.4 Å². The Hall–Kier alpha value is -2.50. The number of nitrogens with zero attached hydrogens (tertiary/aromatic N) is 1. The molecule has 132 valence electrons. The fourth-order valence-electron chi connectivity index (χ4n) is 3.64. The van der Waals surface area contributed by atoms with Gasteiger partial charge in [-0.25, -0.2) is 4.79 Å². The summed E-state index contributed by atoms with van der Waals surface area (Å²) >= 11 is 0. The minimum absolute atomic E-state index is 0.284. The molecule has 2 amide bonds. The molecule has 3 rings (SSSR count). The third-order valence-electron chi connectivity index (χ3n) is 5.04. The summed E-state index contributed by atoms with van der Waals surface area (Å²) in [6.45, 7) is 1.07. The zero-order chi connectivity index (χ0) is 18.0. The van der Waals surface area contributed by atoms with E-state index in [9.17, 15) is 19.2 Å². The Morgan fingerprint density at radius 3 is 2.20 bits per heavy atom. The molecule has 1 saturated carbocycles. The Bertz CT molecular complexity index is 675. The average Bonchev–Trinajstić information content (AvgIpc) is 2.90. The van der Waals surface area contributed by atoms with Gasteiger partial charge in [0.25, 0.3) is 0 Å². The van der Waals surface area contributed by atoms with E-state index in [0.29, 0.717) is 18.4 Å². The molecule has 2 unspecified atom stereocenters. The second-order valence-corrected chi connectivity index (χ2v) is 6.62. The van der Waals surface area contributed by atoms with Gasteiger partial charge in [0.2, 0.25) is 11.8 Å². The molecule has 3 atom stereocenters. The SMILES string of the molecule is C[C@@H](C(=O)OCC(=O)c1ccccc1)N1C(=O)C2CCCCC2C1=O. The van der Waals surface area contributed by atoms with E-state index in [0.717, 1.165) is 17.7 Å². The number of rotatable bonds is 5. The molecule has 25 heavy (non-hydrogen) atoms. The lowest BCUT2D eigenvalue weighted by Gasteiger charge is -2.21. The minimum atomic E-state index is -1.01. The maximum absolute atomic E-state index is 12.5. The molecule has 6 nitrogen and oxygen atoms in total. The van der Waals surface area contributed by atoms with Crippen LogP contribution in [0, 0.1) is 11.8 Å². The van der Waals surface area contributed by atoms with Crippen molar-refractivity contribution in [3.63, 3.8) is 0 Å². The van der Waals surface area contributed by atoms with Crippen LogP contribution in [0.1, 0.15) is 43.0 Å². The second kappa shape index (κ2) is 7.17. The van der Waals surface area contributed by atoms with Gasteiger partial charge in [0.05, 0.1) is 11.8 Å². The van der Waals surface area contributed by atoms with Crippen LogP contribution >= 0.6 is 0 Å². The van der Waals surface area contributed by atoms with E-state index in [2.05, 4.69) is 0 Å². The van der Waals surface area contributed by atoms with Crippen LogP contribution in [-0.2, 0) is 19.1 Å². The zero-order valence-electron chi connectivity index (χ0n) is 14.1. The molecule has 2 aliphatic rings. The van der Waals surface area contributed by atoms with Crippen molar-refractivity contribution in [2.75, 3.05) is 6.61 Å². The highest BCUT2D eigenvalue weighted by Gasteiger charge is 2.51. The van der Waals surface area contributed by atoms with Gasteiger partial charge in [-0.3, -0.25) is 19.3 Å². The Morgan fingerprint density at radius 1 is 1.08 bits per heavy atom. The molecule has 1 aliphatic carbocycles. The molecule has 6 heteroatoms. The lowest BCUT2D eigenvalue weighted by atomic mass is 9.81. The van der Waals surface area contributed by atoms with E-state index in [4.69, 9.17) is 4.74 Å². The lowest BCUT2D eigenvalue weighted by molar-refractivity contribution is -0.157. The summed E-state index contributed by atoms with van der Waals surface area (Å²) in [4.78, 5) is 50.3. The Kier molecular flexibility index (Phi) is 4.97. The fourth-order valence-corrected chi connectivity index (χ4v) is 3.64. The lowest BCUT2D eigenvalue weighted by Crippen LogP contribution is -2.44. The number of likely N-dealkylation sites (tertiary alicyclic amines) is 1. The number of carbonyl (C=O) groups is 4. The standard InChI is InChI=1S/C19H21NO5/c1-12(19(24)25-11-16(21)13-7-3-2-4-8-13)20-17(22)14-9-5-6-10-15(14)18(20)23/h2-4,7-8,12,14-15H,5-6,9-11H2,1H3/t12-,14?,15?/m0/s1. The van der Waals surface area contributed by atoms with Gasteiger partial charge in [0.1, 0.15) is 6.04 Å². The van der Waals surface area contributed by atoms with Crippen LogP contribution in [-0.4, -0.2) is 41.1 Å². The largest absolute Gasteiger partial charge is 0.456 e. The summed E-state index contributed by atoms with van der Waals surface area (Å²) < 4.78 is 5.05. The van der Waals surface area contributed by atoms with Crippen LogP contribution in [0.15, 0.2) is 30.3 Å². The van der Waals surface area contributed by atoms with Crippen LogP contribution in [0.4, 0.5) is 0 Å². The van der Waals surface area contributed by atoms with E-state index in [-0.39, 0.29) is 29.4 Å². The second-order valence-electron chi connectivity index (χ2n) is 6.62. The summed E-state index contributed by atoms with van der Waals surface area (Å²) in [5.41, 5.74) is 0.447. The summed E-state index contributed by atoms with van der Waals surface area (Å²) in [6, 6.07) is 7.50. The van der Waals surface area contributed by atoms with Gasteiger partial charge in [-0.2, -0.15) is 0 Å². The molecule has 0 aromatic heterocycles. The van der Waals surface area contributed by atoms with Gasteiger partial charge in [-0.05, 0) is 19.8 Å². The molecule has 1 aromatic carbocycles. The van der Waals surface area contributed by atoms with Crippen molar-refractivity contribution < 1.29 is 23.9 Å². The summed E-state index contributed by atoms with van der Waals surface area (Å²) in [5, 5.41) is 0. The van der Waals surface area contributed by atoms with Crippen LogP contribution < -0.4 is 0 Å². The third kappa shape index (κ3) is 3.34. The fraction of sp³-hybridized carbons (Fsp3) is 0.474. The van der Waals surface area contributed by atoms with Crippen LogP contribution in [0.2, 0.25) is 0 Å². The molecule has 1 aliphatic heterocycles. The molecule has 1 aromatic rings. The van der Waals surface area contributed by atoms with Crippen molar-refractivity contribution in [2.45, 2.75) is 38.6 Å². The summed E-state index contributed by atoms with van der Waals surface area (Å²) in [6.07, 6.45) is 3.25. The van der Waals surface area contributed by atoms with Gasteiger partial charge < -0.3 is 4.74 Å². The Morgan fingerprint density at radius 2 is 1.64 bits per heavy atom. The van der Waals surface area contributed by atoms with Gasteiger partial charge >= 0.3 is 5.97 Å². The first-order valence-corrected chi connectivity index (χ1v) is 8.62. The number of amides is 2. The molecular weight excluding hydrogens is 322 g/mol. The quantitative estimate of drug-likeness (QED) is 0.464. The van der Waals surface area contributed by atoms with Crippen molar-refractivity contribution in [1.29, 1.82) is 0 Å². The van der Waals surface area contributed by atoms with Crippen molar-refractivity contribution in [1.82, 2.24) is 4.90 Å². The van der Waals surface area contributed by atoms with Crippen LogP contribution in [0.25, 0.3) is 0 Å². The predicted octanol–water partition coefficient (Wildman–Crippen LogP) is 1.98. The molecular formula is C19H21NO5. The first kappa shape index (κ1) is 17.3. The number of carbonyl (C=O) groups excluding carboxylic acids is 4. The van der Waals surface area contributed by atoms with Crippen LogP contribution in [0.5, 0.6) is 0 Å². The molecule has 1 heterocycles. The minimum Gasteiger partial charge on any atom is -0.456 e. The predicted molar refractivity (Wildman–Crippen MR) is 88.5 cm³/mol. The molecule has 0 bridgehead atoms. The van der Waals surface area contributed by atoms with Crippen molar-refractivity contribution in [2.24, 2.45) is 11.8 Å². The van der Waals surface area contributed by atoms with Gasteiger partial charge in [0, 0.05) is 5.56 Å². The van der Waals surface area contributed by atoms with Crippen molar-refractivity contribution >= 4 is 23.6 Å². The smallest absolute Gasteiger partial charge is 0.329 e. The monoisotopic (exact) mass is 343 g/mol. The number of fused-ring (bicyclic) bond motifs is 1. The Labute approximate surface area is 146 Å². The molecule has 0 radical (unpaired) electrons.